The van der Waals surface area contributed by atoms with Crippen LogP contribution in [0.5, 0.6) is 0 Å². The van der Waals surface area contributed by atoms with Crippen LogP contribution >= 0.6 is 0 Å². The van der Waals surface area contributed by atoms with Gasteiger partial charge in [-0.2, -0.15) is 0 Å². The predicted molar refractivity (Wildman–Crippen MR) is 305 cm³/mol. The zero-order chi connectivity index (χ0) is 50.1. The number of ether oxygens (including phenoxy) is 1. The Hall–Kier alpha value is -6.46. The van der Waals surface area contributed by atoms with Crippen LogP contribution in [-0.2, 0) is 22.0 Å². The summed E-state index contributed by atoms with van der Waals surface area (Å²) in [6, 6.07) is 62.2. The van der Waals surface area contributed by atoms with Gasteiger partial charge in [0.1, 0.15) is 6.10 Å². The number of para-hydroxylation sites is 2. The van der Waals surface area contributed by atoms with Crippen molar-refractivity contribution >= 4 is 63.1 Å². The van der Waals surface area contributed by atoms with Gasteiger partial charge in [0.2, 0.25) is 0 Å². The highest BCUT2D eigenvalue weighted by molar-refractivity contribution is 6.94. The second-order valence-corrected chi connectivity index (χ2v) is 25.9. The average Bonchev–Trinajstić information content (AvgIpc) is 3.78. The molecular weight excluding hydrogens is 874 g/mol. The van der Waals surface area contributed by atoms with Gasteiger partial charge in [0.05, 0.1) is 17.0 Å². The lowest BCUT2D eigenvalue weighted by molar-refractivity contribution is -0.127. The molecule has 5 heteroatoms. The second kappa shape index (κ2) is 16.5. The lowest BCUT2D eigenvalue weighted by atomic mass is 9.35. The Bertz CT molecular complexity index is 3200. The summed E-state index contributed by atoms with van der Waals surface area (Å²) < 4.78 is 7.93. The summed E-state index contributed by atoms with van der Waals surface area (Å²) >= 11 is 0. The molecule has 3 aliphatic heterocycles. The van der Waals surface area contributed by atoms with E-state index in [2.05, 4.69) is 255 Å². The van der Waals surface area contributed by atoms with Crippen LogP contribution in [0.1, 0.15) is 119 Å². The van der Waals surface area contributed by atoms with Crippen molar-refractivity contribution < 1.29 is 4.74 Å². The van der Waals surface area contributed by atoms with Gasteiger partial charge in [0.25, 0.3) is 6.71 Å². The third-order valence-corrected chi connectivity index (χ3v) is 17.3. The molecule has 0 amide bonds. The molecule has 0 N–H and O–H groups in total. The molecule has 0 saturated heterocycles. The second-order valence-electron chi connectivity index (χ2n) is 25.9. The Morgan fingerprint density at radius 3 is 1.68 bits per heavy atom. The van der Waals surface area contributed by atoms with Crippen LogP contribution in [0.25, 0.3) is 11.1 Å². The van der Waals surface area contributed by atoms with Gasteiger partial charge in [-0.25, -0.2) is 0 Å². The van der Waals surface area contributed by atoms with Crippen molar-refractivity contribution in [1.82, 2.24) is 0 Å². The largest absolute Gasteiger partial charge is 0.501 e. The Morgan fingerprint density at radius 1 is 0.542 bits per heavy atom. The maximum Gasteiger partial charge on any atom is 0.295 e. The van der Waals surface area contributed by atoms with Crippen molar-refractivity contribution in [2.24, 2.45) is 22.2 Å². The molecule has 0 aromatic heterocycles. The summed E-state index contributed by atoms with van der Waals surface area (Å²) in [7, 11) is 0. The first-order valence-corrected chi connectivity index (χ1v) is 26.8. The summed E-state index contributed by atoms with van der Waals surface area (Å²) in [5.74, 6) is 0.271. The van der Waals surface area contributed by atoms with E-state index >= 15 is 0 Å². The number of rotatable bonds is 7. The van der Waals surface area contributed by atoms with Crippen LogP contribution in [0.4, 0.5) is 45.5 Å². The van der Waals surface area contributed by atoms with Crippen LogP contribution in [0.15, 0.2) is 175 Å². The third kappa shape index (κ3) is 7.63. The van der Waals surface area contributed by atoms with E-state index in [4.69, 9.17) is 4.74 Å². The molecule has 3 heterocycles. The van der Waals surface area contributed by atoms with Crippen molar-refractivity contribution in [3.63, 3.8) is 0 Å². The standard InChI is InChI=1S/C67H72BN3O/c1-63(2,3)43-44-39-56-59-57(40-44)71(54-34-29-47(65(7,8)9)41-52(54)45-21-15-12-16-22-45)55-42-51(69(48-23-17-13-18-24-48)49-25-19-14-20-26-49)32-33-53(55)68(59)62-60(70(56)50-30-27-46(28-31-50)64(4,5)6)58-61(72-62)67(11)37-35-66(58,10)36-38-67/h12-34,39-42,58,61H,35-38,43H2,1-11H3. The predicted octanol–water partition coefficient (Wildman–Crippen LogP) is 16.9. The number of hydrogen-bond acceptors (Lipinski definition) is 4. The first-order valence-electron chi connectivity index (χ1n) is 26.8. The minimum atomic E-state index is -0.104. The van der Waals surface area contributed by atoms with E-state index in [0.717, 1.165) is 29.1 Å². The lowest BCUT2D eigenvalue weighted by Crippen LogP contribution is -2.57. The van der Waals surface area contributed by atoms with E-state index in [1.54, 1.807) is 0 Å². The molecule has 13 rings (SSSR count). The number of benzene rings is 7. The molecule has 3 fully saturated rings. The highest BCUT2D eigenvalue weighted by Gasteiger charge is 2.65. The molecule has 3 saturated carbocycles. The van der Waals surface area contributed by atoms with Gasteiger partial charge >= 0.3 is 0 Å². The third-order valence-electron chi connectivity index (χ3n) is 17.3. The summed E-state index contributed by atoms with van der Waals surface area (Å²) in [6.45, 7) is 26.2. The summed E-state index contributed by atoms with van der Waals surface area (Å²) in [6.07, 6.45) is 5.91. The van der Waals surface area contributed by atoms with Crippen LogP contribution in [-0.4, -0.2) is 12.8 Å². The zero-order valence-corrected chi connectivity index (χ0v) is 44.6. The number of anilines is 8. The van der Waals surface area contributed by atoms with Crippen LogP contribution < -0.4 is 25.6 Å². The van der Waals surface area contributed by atoms with Gasteiger partial charge in [0.15, 0.2) is 0 Å². The maximum atomic E-state index is 7.93. The molecule has 2 bridgehead atoms. The lowest BCUT2D eigenvalue weighted by Gasteiger charge is -2.58. The molecule has 6 aliphatic rings. The van der Waals surface area contributed by atoms with Crippen LogP contribution in [0, 0.1) is 22.2 Å². The summed E-state index contributed by atoms with van der Waals surface area (Å²) in [5.41, 5.74) is 21.3. The normalized spacial score (nSPS) is 22.0. The fraction of sp³-hybridized carbons (Fsp3) is 0.343. The van der Waals surface area contributed by atoms with Gasteiger partial charge < -0.3 is 19.4 Å². The fourth-order valence-electron chi connectivity index (χ4n) is 13.4. The van der Waals surface area contributed by atoms with Gasteiger partial charge in [-0.1, -0.05) is 167 Å². The first kappa shape index (κ1) is 46.6. The molecular formula is C67H72BN3O. The highest BCUT2D eigenvalue weighted by Crippen LogP contribution is 2.67. The molecule has 3 aliphatic carbocycles. The Labute approximate surface area is 430 Å². The summed E-state index contributed by atoms with van der Waals surface area (Å²) in [4.78, 5) is 7.79. The Kier molecular flexibility index (Phi) is 10.7. The summed E-state index contributed by atoms with van der Waals surface area (Å²) in [5, 5.41) is 0. The minimum absolute atomic E-state index is 0.0343. The van der Waals surface area contributed by atoms with E-state index in [0.29, 0.717) is 0 Å². The minimum Gasteiger partial charge on any atom is -0.501 e. The SMILES string of the molecule is CC(C)(C)Cc1cc2c3c(c1)N(c1ccc(C(C)(C)C)cc1-c1ccccc1)c1cc(N(c4ccccc4)c4ccccc4)ccc1B3C1=C(C3C(O1)C1(C)CCC3(C)CC1)N2c1ccc(C(C)(C)C)cc1. The van der Waals surface area contributed by atoms with Gasteiger partial charge in [-0.05, 0) is 160 Å². The van der Waals surface area contributed by atoms with E-state index in [1.165, 1.54) is 98.6 Å². The number of hydrogen-bond donors (Lipinski definition) is 0. The molecule has 4 nitrogen and oxygen atoms in total. The van der Waals surface area contributed by atoms with Gasteiger partial charge in [-0.3, -0.25) is 0 Å². The Balaban J connectivity index is 1.20. The van der Waals surface area contributed by atoms with Crippen LogP contribution in [0.3, 0.4) is 0 Å². The molecule has 2 unspecified atom stereocenters. The van der Waals surface area contributed by atoms with E-state index in [-0.39, 0.29) is 45.8 Å². The maximum absolute atomic E-state index is 7.93. The number of fused-ring (bicyclic) bond motifs is 5. The molecule has 0 spiro atoms. The molecule has 2 atom stereocenters. The van der Waals surface area contributed by atoms with Crippen molar-refractivity contribution in [2.75, 3.05) is 14.7 Å². The van der Waals surface area contributed by atoms with Gasteiger partial charge in [-0.15, -0.1) is 0 Å². The molecule has 0 radical (unpaired) electrons. The van der Waals surface area contributed by atoms with E-state index in [1.807, 2.05) is 0 Å². The smallest absolute Gasteiger partial charge is 0.295 e. The van der Waals surface area contributed by atoms with Crippen molar-refractivity contribution in [3.05, 3.63) is 192 Å². The van der Waals surface area contributed by atoms with E-state index in [9.17, 15) is 0 Å². The zero-order valence-electron chi connectivity index (χ0n) is 44.6. The fourth-order valence-corrected chi connectivity index (χ4v) is 13.4. The molecule has 7 aromatic carbocycles. The Morgan fingerprint density at radius 2 is 1.10 bits per heavy atom. The number of nitrogens with zero attached hydrogens (tertiary/aromatic N) is 3. The highest BCUT2D eigenvalue weighted by atomic mass is 16.5. The molecule has 7 aromatic rings. The topological polar surface area (TPSA) is 19.0 Å². The quantitative estimate of drug-likeness (QED) is 0.148. The molecule has 364 valence electrons. The van der Waals surface area contributed by atoms with Crippen LogP contribution in [0.2, 0.25) is 0 Å². The van der Waals surface area contributed by atoms with E-state index < -0.39 is 0 Å². The first-order chi connectivity index (χ1) is 34.3. The van der Waals surface area contributed by atoms with Crippen molar-refractivity contribution in [3.8, 4) is 11.1 Å². The average molecular weight is 946 g/mol. The van der Waals surface area contributed by atoms with Gasteiger partial charge in [0, 0.05) is 56.7 Å². The monoisotopic (exact) mass is 946 g/mol. The van der Waals surface area contributed by atoms with Crippen molar-refractivity contribution in [2.45, 2.75) is 125 Å². The molecule has 72 heavy (non-hydrogen) atoms. The van der Waals surface area contributed by atoms with Crippen molar-refractivity contribution in [1.29, 1.82) is 0 Å².